The second kappa shape index (κ2) is 4.81. The second-order valence-electron chi connectivity index (χ2n) is 3.46. The van der Waals surface area contributed by atoms with Gasteiger partial charge in [0.15, 0.2) is 0 Å². The molecule has 4 heteroatoms. The number of rotatable bonds is 5. The Kier molecular flexibility index (Phi) is 4.82. The van der Waals surface area contributed by atoms with Gasteiger partial charge in [0.25, 0.3) is 0 Å². The zero-order chi connectivity index (χ0) is 8.91. The maximum atomic E-state index is 10.4. The van der Waals surface area contributed by atoms with Gasteiger partial charge in [0, 0.05) is 5.52 Å². The van der Waals surface area contributed by atoms with Crippen molar-refractivity contribution >= 4 is 14.3 Å². The number of carbonyl (C=O) groups is 1. The fourth-order valence-electron chi connectivity index (χ4n) is 0.451. The first kappa shape index (κ1) is 11.0. The highest BCUT2D eigenvalue weighted by Crippen LogP contribution is 2.11. The zero-order valence-electron chi connectivity index (χ0n) is 7.63. The highest BCUT2D eigenvalue weighted by atomic mass is 31.1. The van der Waals surface area contributed by atoms with Crippen molar-refractivity contribution in [2.24, 2.45) is 0 Å². The monoisotopic (exact) mass is 177 g/mol. The van der Waals surface area contributed by atoms with Gasteiger partial charge in [-0.3, -0.25) is 0 Å². The molecule has 0 bridgehead atoms. The van der Waals surface area contributed by atoms with E-state index in [0.29, 0.717) is 15.4 Å². The maximum absolute atomic E-state index is 10.4. The minimum Gasteiger partial charge on any atom is -0.546 e. The number of carbonyl (C=O) groups excluding carboxylic acids is 1. The van der Waals surface area contributed by atoms with Crippen LogP contribution < -0.4 is 0 Å². The van der Waals surface area contributed by atoms with E-state index in [1.165, 1.54) is 6.92 Å². The Bertz CT molecular complexity index is 131. The summed E-state index contributed by atoms with van der Waals surface area (Å²) in [7, 11) is 6.75. The third-order valence-electron chi connectivity index (χ3n) is 1.05. The van der Waals surface area contributed by atoms with Crippen molar-refractivity contribution in [3.05, 3.63) is 0 Å². The Balaban J connectivity index is 3.22. The summed E-state index contributed by atoms with van der Waals surface area (Å²) in [6.07, 6.45) is 0. The minimum atomic E-state index is 0.0615. The molecule has 0 aromatic carbocycles. The van der Waals surface area contributed by atoms with E-state index < -0.39 is 0 Å². The van der Waals surface area contributed by atoms with Gasteiger partial charge in [-0.05, 0) is 6.92 Å². The van der Waals surface area contributed by atoms with Crippen LogP contribution in [-0.2, 0) is 9.32 Å². The molecule has 0 aliphatic carbocycles. The Morgan fingerprint density at radius 2 is 2.00 bits per heavy atom. The van der Waals surface area contributed by atoms with Crippen LogP contribution in [0.3, 0.4) is 0 Å². The molecule has 0 amide bonds. The third kappa shape index (κ3) is 10.0. The van der Waals surface area contributed by atoms with Gasteiger partial charge in [-0.25, -0.2) is 0 Å². The number of nitrogens with zero attached hydrogens (tertiary/aromatic N) is 1. The summed E-state index contributed by atoms with van der Waals surface area (Å²) in [5, 5.41) is 0. The molecule has 0 atom stereocenters. The van der Waals surface area contributed by atoms with Crippen LogP contribution in [0, 0.1) is 0 Å². The third-order valence-corrected chi connectivity index (χ3v) is 1.62. The summed E-state index contributed by atoms with van der Waals surface area (Å²) >= 11 is 0. The quantitative estimate of drug-likeness (QED) is 0.357. The van der Waals surface area contributed by atoms with E-state index in [0.717, 1.165) is 11.0 Å². The van der Waals surface area contributed by atoms with Crippen molar-refractivity contribution in [1.29, 1.82) is 0 Å². The first-order valence-electron chi connectivity index (χ1n) is 3.56. The molecule has 0 aliphatic rings. The van der Waals surface area contributed by atoms with Gasteiger partial charge in [-0.1, -0.05) is 0 Å². The zero-order valence-corrected chi connectivity index (χ0v) is 8.52. The number of quaternary nitrogens is 1. The molecule has 0 saturated heterocycles. The topological polar surface area (TPSA) is 26.3 Å². The van der Waals surface area contributed by atoms with E-state index in [1.807, 2.05) is 0 Å². The van der Waals surface area contributed by atoms with Crippen LogP contribution in [0.4, 0.5) is 0 Å². The van der Waals surface area contributed by atoms with E-state index >= 15 is 0 Å². The van der Waals surface area contributed by atoms with Crippen LogP contribution in [0.1, 0.15) is 6.92 Å². The van der Waals surface area contributed by atoms with Gasteiger partial charge in [0.2, 0.25) is 0 Å². The second-order valence-corrected chi connectivity index (χ2v) is 4.53. The number of likely N-dealkylation sites (N-methyl/N-ethyl adjacent to an activating group) is 1. The highest BCUT2D eigenvalue weighted by molar-refractivity contribution is 7.53. The summed E-state index contributed by atoms with van der Waals surface area (Å²) < 4.78 is 5.95. The highest BCUT2D eigenvalue weighted by Gasteiger charge is 2.03. The molecule has 0 saturated carbocycles. The molecule has 0 aromatic rings. The van der Waals surface area contributed by atoms with Crippen LogP contribution in [0.2, 0.25) is 0 Å². The summed E-state index contributed by atoms with van der Waals surface area (Å²) in [6, 6.07) is 0. The molecule has 0 heterocycles. The van der Waals surface area contributed by atoms with Crippen LogP contribution in [0.5, 0.6) is 0 Å². The SMILES string of the molecule is CC(=O)[P-]OCC[N+](C)(C)C. The summed E-state index contributed by atoms with van der Waals surface area (Å²) in [6.45, 7) is 3.10. The molecule has 0 unspecified atom stereocenters. The molecule has 0 fully saturated rings. The molecule has 3 nitrogen and oxygen atoms in total. The largest absolute Gasteiger partial charge is 0.546 e. The van der Waals surface area contributed by atoms with Crippen LogP contribution >= 0.6 is 8.81 Å². The minimum absolute atomic E-state index is 0.0615. The predicted molar refractivity (Wildman–Crippen MR) is 46.5 cm³/mol. The lowest BCUT2D eigenvalue weighted by molar-refractivity contribution is -0.870. The Hall–Kier alpha value is 0.0200. The molecular weight excluding hydrogens is 161 g/mol. The predicted octanol–water partition coefficient (Wildman–Crippen LogP) is 1.12. The molecule has 0 aromatic heterocycles. The molecule has 66 valence electrons. The van der Waals surface area contributed by atoms with Crippen molar-refractivity contribution in [1.82, 2.24) is 0 Å². The van der Waals surface area contributed by atoms with Gasteiger partial charge < -0.3 is 22.6 Å². The normalized spacial score (nSPS) is 12.7. The Morgan fingerprint density at radius 1 is 1.45 bits per heavy atom. The van der Waals surface area contributed by atoms with Crippen LogP contribution in [0.15, 0.2) is 0 Å². The Morgan fingerprint density at radius 3 is 2.36 bits per heavy atom. The lowest BCUT2D eigenvalue weighted by atomic mass is 10.5. The number of hydrogen-bond acceptors (Lipinski definition) is 2. The van der Waals surface area contributed by atoms with Gasteiger partial charge in [0.1, 0.15) is 0 Å². The van der Waals surface area contributed by atoms with Gasteiger partial charge >= 0.3 is 0 Å². The standard InChI is InChI=1S/C7H16NO2P/c1-7(9)11-10-6-5-8(2,3)4/h5-6H2,1-4H3. The lowest BCUT2D eigenvalue weighted by Crippen LogP contribution is -2.37. The van der Waals surface area contributed by atoms with E-state index in [2.05, 4.69) is 21.1 Å². The van der Waals surface area contributed by atoms with Crippen molar-refractivity contribution < 1.29 is 13.8 Å². The fourth-order valence-corrected chi connectivity index (χ4v) is 0.806. The van der Waals surface area contributed by atoms with Gasteiger partial charge in [-0.2, -0.15) is 0 Å². The van der Waals surface area contributed by atoms with Gasteiger partial charge in [-0.15, -0.1) is 0 Å². The summed E-state index contributed by atoms with van der Waals surface area (Å²) in [4.78, 5) is 10.4. The molecule has 0 spiro atoms. The fraction of sp³-hybridized carbons (Fsp3) is 0.857. The van der Waals surface area contributed by atoms with Crippen molar-refractivity contribution in [3.8, 4) is 0 Å². The molecule has 0 aliphatic heterocycles. The Labute approximate surface area is 70.2 Å². The van der Waals surface area contributed by atoms with E-state index in [-0.39, 0.29) is 5.52 Å². The molecule has 0 N–H and O–H groups in total. The van der Waals surface area contributed by atoms with Crippen LogP contribution in [0.25, 0.3) is 0 Å². The van der Waals surface area contributed by atoms with Crippen molar-refractivity contribution in [2.45, 2.75) is 6.92 Å². The van der Waals surface area contributed by atoms with Gasteiger partial charge in [0.05, 0.1) is 34.3 Å². The summed E-state index contributed by atoms with van der Waals surface area (Å²) in [5.41, 5.74) is 0.0615. The first-order chi connectivity index (χ1) is 4.92. The van der Waals surface area contributed by atoms with Crippen molar-refractivity contribution in [2.75, 3.05) is 34.3 Å². The summed E-state index contributed by atoms with van der Waals surface area (Å²) in [5.74, 6) is 0. The molecule has 0 radical (unpaired) electrons. The van der Waals surface area contributed by atoms with E-state index in [1.54, 1.807) is 0 Å². The molecule has 0 rings (SSSR count). The average molecular weight is 177 g/mol. The lowest BCUT2D eigenvalue weighted by Gasteiger charge is -2.26. The molecular formula is C7H16NO2P. The first-order valence-corrected chi connectivity index (χ1v) is 4.37. The average Bonchev–Trinajstić information content (AvgIpc) is 1.78. The van der Waals surface area contributed by atoms with E-state index in [9.17, 15) is 4.79 Å². The van der Waals surface area contributed by atoms with Crippen LogP contribution in [-0.4, -0.2) is 44.3 Å². The maximum Gasteiger partial charge on any atom is 0.0989 e. The smallest absolute Gasteiger partial charge is 0.0989 e. The van der Waals surface area contributed by atoms with E-state index in [4.69, 9.17) is 4.52 Å². The molecule has 11 heavy (non-hydrogen) atoms. The van der Waals surface area contributed by atoms with Crippen molar-refractivity contribution in [3.63, 3.8) is 0 Å². The number of hydrogen-bond donors (Lipinski definition) is 0.